The summed E-state index contributed by atoms with van der Waals surface area (Å²) in [4.78, 5) is 23.3. The Bertz CT molecular complexity index is 932. The zero-order valence-corrected chi connectivity index (χ0v) is 17.1. The van der Waals surface area contributed by atoms with E-state index in [4.69, 9.17) is 26.4 Å². The molecule has 2 unspecified atom stereocenters. The number of methoxy groups -OCH3 is 3. The molecule has 2 rings (SSSR count). The molecule has 0 aliphatic carbocycles. The van der Waals surface area contributed by atoms with Gasteiger partial charge in [0.25, 0.3) is 0 Å². The fraction of sp³-hybridized carbons (Fsp3) is 0.364. The van der Waals surface area contributed by atoms with Crippen molar-refractivity contribution >= 4 is 11.9 Å². The first kappa shape index (κ1) is 19.1. The van der Waals surface area contributed by atoms with Crippen molar-refractivity contribution in [2.75, 3.05) is 21.3 Å². The van der Waals surface area contributed by atoms with Crippen LogP contribution in [0.4, 0.5) is 0 Å². The van der Waals surface area contributed by atoms with Gasteiger partial charge in [-0.2, -0.15) is 0 Å². The fourth-order valence-electron chi connectivity index (χ4n) is 2.65. The smallest absolute Gasteiger partial charge is 0.308 e. The highest BCUT2D eigenvalue weighted by atomic mass is 16.5. The molecule has 0 heterocycles. The predicted octanol–water partition coefficient (Wildman–Crippen LogP) is 3.35. The Morgan fingerprint density at radius 2 is 1.59 bits per heavy atom. The van der Waals surface area contributed by atoms with E-state index in [1.54, 1.807) is 30.3 Å². The highest BCUT2D eigenvalue weighted by Crippen LogP contribution is 2.30. The summed E-state index contributed by atoms with van der Waals surface area (Å²) >= 11 is 0. The molecule has 156 valence electrons. The molecular weight excluding hydrogens is 376 g/mol. The zero-order chi connectivity index (χ0) is 23.1. The quantitative estimate of drug-likeness (QED) is 0.468. The third kappa shape index (κ3) is 6.41. The van der Waals surface area contributed by atoms with E-state index in [0.29, 0.717) is 22.8 Å². The van der Waals surface area contributed by atoms with Gasteiger partial charge in [-0.3, -0.25) is 9.59 Å². The van der Waals surface area contributed by atoms with Gasteiger partial charge in [-0.25, -0.2) is 0 Å². The second kappa shape index (κ2) is 10.4. The lowest BCUT2D eigenvalue weighted by Gasteiger charge is -2.20. The fourth-order valence-corrected chi connectivity index (χ4v) is 2.65. The van der Waals surface area contributed by atoms with Crippen molar-refractivity contribution in [1.29, 1.82) is 0 Å². The first-order valence-corrected chi connectivity index (χ1v) is 8.81. The minimum absolute atomic E-state index is 0.100. The van der Waals surface area contributed by atoms with Gasteiger partial charge in [0, 0.05) is 35.4 Å². The van der Waals surface area contributed by atoms with Crippen LogP contribution in [0.25, 0.3) is 0 Å². The largest absolute Gasteiger partial charge is 0.497 e. The molecular formula is C22H26O7. The van der Waals surface area contributed by atoms with Crippen LogP contribution in [0.3, 0.4) is 0 Å². The molecule has 0 fully saturated rings. The highest BCUT2D eigenvalue weighted by molar-refractivity contribution is 5.70. The van der Waals surface area contributed by atoms with E-state index in [9.17, 15) is 9.59 Å². The van der Waals surface area contributed by atoms with Crippen molar-refractivity contribution in [3.05, 3.63) is 47.5 Å². The van der Waals surface area contributed by atoms with Gasteiger partial charge in [-0.1, -0.05) is 12.1 Å². The summed E-state index contributed by atoms with van der Waals surface area (Å²) in [5.74, 6) is 0.209. The lowest BCUT2D eigenvalue weighted by atomic mass is 10.00. The van der Waals surface area contributed by atoms with Crippen LogP contribution < -0.4 is 18.9 Å². The minimum Gasteiger partial charge on any atom is -0.497 e. The van der Waals surface area contributed by atoms with Crippen LogP contribution in [-0.4, -0.2) is 39.4 Å². The lowest BCUT2D eigenvalue weighted by Crippen LogP contribution is -2.22. The molecule has 0 aliphatic heterocycles. The molecule has 0 N–H and O–H groups in total. The van der Waals surface area contributed by atoms with Crippen molar-refractivity contribution in [1.82, 2.24) is 0 Å². The molecule has 0 radical (unpaired) electrons. The summed E-state index contributed by atoms with van der Waals surface area (Å²) in [6, 6.07) is 9.50. The minimum atomic E-state index is -1.22. The molecule has 0 saturated carbocycles. The molecule has 0 aromatic heterocycles. The van der Waals surface area contributed by atoms with E-state index in [1.807, 2.05) is 0 Å². The average Bonchev–Trinajstić information content (AvgIpc) is 2.75. The zero-order valence-electron chi connectivity index (χ0n) is 19.1. The number of carbonyl (C=O) groups excluding carboxylic acids is 2. The summed E-state index contributed by atoms with van der Waals surface area (Å²) in [6.07, 6.45) is -3.54. The monoisotopic (exact) mass is 404 g/mol. The van der Waals surface area contributed by atoms with Crippen LogP contribution in [-0.2, 0) is 27.1 Å². The third-order valence-corrected chi connectivity index (χ3v) is 3.88. The number of hydrogen-bond acceptors (Lipinski definition) is 7. The predicted molar refractivity (Wildman–Crippen MR) is 107 cm³/mol. The van der Waals surface area contributed by atoms with Gasteiger partial charge >= 0.3 is 11.9 Å². The van der Waals surface area contributed by atoms with Gasteiger partial charge in [0.05, 0.1) is 21.3 Å². The Morgan fingerprint density at radius 1 is 0.862 bits per heavy atom. The summed E-state index contributed by atoms with van der Waals surface area (Å²) in [5.41, 5.74) is 0.740. The molecule has 0 aliphatic rings. The van der Waals surface area contributed by atoms with Crippen LogP contribution in [0.1, 0.15) is 27.7 Å². The second-order valence-corrected chi connectivity index (χ2v) is 6.02. The number of benzene rings is 2. The van der Waals surface area contributed by atoms with Crippen molar-refractivity contribution < 1.29 is 36.0 Å². The lowest BCUT2D eigenvalue weighted by molar-refractivity contribution is -0.146. The normalized spacial score (nSPS) is 14.5. The van der Waals surface area contributed by atoms with Crippen molar-refractivity contribution in [2.45, 2.75) is 32.7 Å². The van der Waals surface area contributed by atoms with Crippen LogP contribution in [0.2, 0.25) is 0 Å². The Kier molecular flexibility index (Phi) is 6.83. The van der Waals surface area contributed by atoms with Crippen LogP contribution >= 0.6 is 0 Å². The van der Waals surface area contributed by atoms with E-state index in [-0.39, 0.29) is 11.3 Å². The maximum Gasteiger partial charge on any atom is 0.308 e. The summed E-state index contributed by atoms with van der Waals surface area (Å²) < 4.78 is 43.7. The first-order chi connectivity index (χ1) is 14.7. The molecule has 29 heavy (non-hydrogen) atoms. The van der Waals surface area contributed by atoms with Gasteiger partial charge in [0.15, 0.2) is 11.5 Å². The standard InChI is InChI=1S/C22H26O7/c1-14(23)28-19(10-16-6-9-20(26-4)22(11-16)27-5)12-17-7-8-18(25-3)13-21(17)29-15(2)24/h6-9,11,13,19H,10,12H2,1-5H3/t19-/m0/s1/i10D,12D/t10?,12?,19-. The molecule has 7 heteroatoms. The molecule has 0 spiro atoms. The molecule has 0 amide bonds. The Labute approximate surface area is 173 Å². The van der Waals surface area contributed by atoms with E-state index in [1.165, 1.54) is 41.2 Å². The van der Waals surface area contributed by atoms with Gasteiger partial charge in [-0.15, -0.1) is 0 Å². The van der Waals surface area contributed by atoms with E-state index >= 15 is 0 Å². The molecule has 2 aromatic rings. The number of ether oxygens (including phenoxy) is 5. The Balaban J connectivity index is 2.49. The Morgan fingerprint density at radius 3 is 2.17 bits per heavy atom. The van der Waals surface area contributed by atoms with Gasteiger partial charge in [0.2, 0.25) is 0 Å². The maximum atomic E-state index is 11.8. The van der Waals surface area contributed by atoms with Crippen molar-refractivity contribution in [3.8, 4) is 23.0 Å². The maximum absolute atomic E-state index is 11.8. The molecule has 2 aromatic carbocycles. The summed E-state index contributed by atoms with van der Waals surface area (Å²) in [5, 5.41) is 0. The van der Waals surface area contributed by atoms with E-state index < -0.39 is 30.8 Å². The third-order valence-electron chi connectivity index (χ3n) is 3.88. The average molecular weight is 404 g/mol. The molecule has 0 bridgehead atoms. The van der Waals surface area contributed by atoms with Crippen LogP contribution in [0.5, 0.6) is 23.0 Å². The Hall–Kier alpha value is -3.22. The highest BCUT2D eigenvalue weighted by Gasteiger charge is 2.19. The molecule has 0 saturated heterocycles. The van der Waals surface area contributed by atoms with Crippen LogP contribution in [0, 0.1) is 0 Å². The molecule has 7 nitrogen and oxygen atoms in total. The topological polar surface area (TPSA) is 80.3 Å². The van der Waals surface area contributed by atoms with Crippen molar-refractivity contribution in [3.63, 3.8) is 0 Å². The first-order valence-electron chi connectivity index (χ1n) is 9.97. The SMILES string of the molecule is [2H]C(c1ccc(OC)c(OC)c1)[C@H](OC(C)=O)C([2H])c1ccc(OC)cc1OC(C)=O. The molecule has 3 atom stereocenters. The van der Waals surface area contributed by atoms with E-state index in [0.717, 1.165) is 0 Å². The second-order valence-electron chi connectivity index (χ2n) is 6.02. The number of hydrogen-bond donors (Lipinski definition) is 0. The number of rotatable bonds is 9. The van der Waals surface area contributed by atoms with E-state index in [2.05, 4.69) is 0 Å². The van der Waals surface area contributed by atoms with Crippen molar-refractivity contribution in [2.24, 2.45) is 0 Å². The summed E-state index contributed by atoms with van der Waals surface area (Å²) in [7, 11) is 4.43. The van der Waals surface area contributed by atoms with Gasteiger partial charge in [-0.05, 0) is 29.3 Å². The summed E-state index contributed by atoms with van der Waals surface area (Å²) in [6.45, 7) is 2.45. The number of esters is 2. The number of carbonyl (C=O) groups is 2. The van der Waals surface area contributed by atoms with Gasteiger partial charge < -0.3 is 23.7 Å². The van der Waals surface area contributed by atoms with Gasteiger partial charge in [0.1, 0.15) is 17.6 Å². The van der Waals surface area contributed by atoms with Crippen LogP contribution in [0.15, 0.2) is 36.4 Å².